The zero-order valence-electron chi connectivity index (χ0n) is 16.0. The third kappa shape index (κ3) is 4.82. The van der Waals surface area contributed by atoms with Crippen LogP contribution in [-0.4, -0.2) is 30.8 Å². The standard InChI is InChI=1S/C21H24N4O3/c1-26-17-6-3-14(4-7-17)9-10-28-19-12-15(5-8-18(19)27-2)11-16-13-24-21(23)25-20(16)22/h3-8,12-13H,9-11H2,1-2H3,(H4,22,23,24,25). The Morgan fingerprint density at radius 2 is 1.64 bits per heavy atom. The first-order chi connectivity index (χ1) is 13.6. The van der Waals surface area contributed by atoms with E-state index in [1.165, 1.54) is 5.56 Å². The van der Waals surface area contributed by atoms with Crippen molar-refractivity contribution in [2.75, 3.05) is 32.3 Å². The summed E-state index contributed by atoms with van der Waals surface area (Å²) in [6, 6.07) is 13.7. The lowest BCUT2D eigenvalue weighted by molar-refractivity contribution is 0.297. The monoisotopic (exact) mass is 380 g/mol. The molecule has 3 aromatic rings. The van der Waals surface area contributed by atoms with Crippen LogP contribution in [0, 0.1) is 0 Å². The van der Waals surface area contributed by atoms with E-state index in [4.69, 9.17) is 25.7 Å². The third-order valence-corrected chi connectivity index (χ3v) is 4.35. The Hall–Kier alpha value is -3.48. The predicted octanol–water partition coefficient (Wildman–Crippen LogP) is 2.87. The molecule has 0 radical (unpaired) electrons. The average Bonchev–Trinajstić information content (AvgIpc) is 2.71. The maximum atomic E-state index is 5.98. The van der Waals surface area contributed by atoms with Crippen LogP contribution >= 0.6 is 0 Å². The number of methoxy groups -OCH3 is 2. The number of anilines is 2. The molecular formula is C21H24N4O3. The van der Waals surface area contributed by atoms with Crippen LogP contribution in [0.25, 0.3) is 0 Å². The van der Waals surface area contributed by atoms with Gasteiger partial charge in [-0.05, 0) is 35.4 Å². The topological polar surface area (TPSA) is 106 Å². The lowest BCUT2D eigenvalue weighted by Gasteiger charge is -2.13. The van der Waals surface area contributed by atoms with Gasteiger partial charge in [-0.2, -0.15) is 4.98 Å². The largest absolute Gasteiger partial charge is 0.497 e. The zero-order valence-corrected chi connectivity index (χ0v) is 16.0. The highest BCUT2D eigenvalue weighted by Gasteiger charge is 2.09. The van der Waals surface area contributed by atoms with Crippen molar-refractivity contribution in [3.63, 3.8) is 0 Å². The summed E-state index contributed by atoms with van der Waals surface area (Å²) in [5, 5.41) is 0. The number of nitrogen functional groups attached to an aromatic ring is 2. The van der Waals surface area contributed by atoms with E-state index in [-0.39, 0.29) is 5.95 Å². The van der Waals surface area contributed by atoms with Gasteiger partial charge in [0.2, 0.25) is 5.95 Å². The molecule has 0 spiro atoms. The highest BCUT2D eigenvalue weighted by Crippen LogP contribution is 2.29. The molecule has 2 aromatic carbocycles. The number of ether oxygens (including phenoxy) is 3. The first kappa shape index (κ1) is 19.3. The molecule has 1 aromatic heterocycles. The first-order valence-electron chi connectivity index (χ1n) is 8.88. The predicted molar refractivity (Wildman–Crippen MR) is 109 cm³/mol. The highest BCUT2D eigenvalue weighted by atomic mass is 16.5. The number of aromatic nitrogens is 2. The summed E-state index contributed by atoms with van der Waals surface area (Å²) >= 11 is 0. The fraction of sp³-hybridized carbons (Fsp3) is 0.238. The van der Waals surface area contributed by atoms with Crippen molar-refractivity contribution in [2.45, 2.75) is 12.8 Å². The highest BCUT2D eigenvalue weighted by molar-refractivity contribution is 5.48. The second kappa shape index (κ2) is 8.94. The summed E-state index contributed by atoms with van der Waals surface area (Å²) in [4.78, 5) is 8.01. The van der Waals surface area contributed by atoms with Crippen LogP contribution in [0.4, 0.5) is 11.8 Å². The van der Waals surface area contributed by atoms with E-state index in [1.807, 2.05) is 42.5 Å². The first-order valence-corrected chi connectivity index (χ1v) is 8.88. The van der Waals surface area contributed by atoms with Crippen LogP contribution in [0.1, 0.15) is 16.7 Å². The molecule has 7 heteroatoms. The maximum absolute atomic E-state index is 5.98. The quantitative estimate of drug-likeness (QED) is 0.619. The van der Waals surface area contributed by atoms with Crippen LogP contribution in [-0.2, 0) is 12.8 Å². The van der Waals surface area contributed by atoms with Gasteiger partial charge in [0.15, 0.2) is 11.5 Å². The Morgan fingerprint density at radius 3 is 2.32 bits per heavy atom. The number of rotatable bonds is 8. The fourth-order valence-electron chi connectivity index (χ4n) is 2.81. The Morgan fingerprint density at radius 1 is 0.893 bits per heavy atom. The van der Waals surface area contributed by atoms with Crippen molar-refractivity contribution in [2.24, 2.45) is 0 Å². The van der Waals surface area contributed by atoms with E-state index < -0.39 is 0 Å². The molecule has 0 atom stereocenters. The second-order valence-corrected chi connectivity index (χ2v) is 6.25. The average molecular weight is 380 g/mol. The molecule has 0 fully saturated rings. The summed E-state index contributed by atoms with van der Waals surface area (Å²) in [5.74, 6) is 2.75. The number of nitrogens with two attached hydrogens (primary N) is 2. The van der Waals surface area contributed by atoms with Gasteiger partial charge >= 0.3 is 0 Å². The van der Waals surface area contributed by atoms with Gasteiger partial charge in [0.25, 0.3) is 0 Å². The summed E-state index contributed by atoms with van der Waals surface area (Å²) in [6.45, 7) is 0.527. The van der Waals surface area contributed by atoms with E-state index in [0.717, 1.165) is 23.3 Å². The van der Waals surface area contributed by atoms with Gasteiger partial charge in [0.1, 0.15) is 11.6 Å². The molecule has 0 amide bonds. The van der Waals surface area contributed by atoms with Crippen molar-refractivity contribution >= 4 is 11.8 Å². The van der Waals surface area contributed by atoms with Gasteiger partial charge in [0, 0.05) is 24.6 Å². The summed E-state index contributed by atoms with van der Waals surface area (Å²) in [7, 11) is 3.28. The van der Waals surface area contributed by atoms with E-state index in [2.05, 4.69) is 9.97 Å². The number of hydrogen-bond donors (Lipinski definition) is 2. The molecule has 4 N–H and O–H groups in total. The minimum absolute atomic E-state index is 0.165. The van der Waals surface area contributed by atoms with Crippen molar-refractivity contribution < 1.29 is 14.2 Å². The van der Waals surface area contributed by atoms with Crippen LogP contribution in [0.2, 0.25) is 0 Å². The summed E-state index contributed by atoms with van der Waals surface area (Å²) in [5.41, 5.74) is 14.5. The lowest BCUT2D eigenvalue weighted by Crippen LogP contribution is -2.05. The Labute approximate surface area is 164 Å². The van der Waals surface area contributed by atoms with Gasteiger partial charge in [-0.3, -0.25) is 0 Å². The van der Waals surface area contributed by atoms with Crippen LogP contribution in [0.5, 0.6) is 17.2 Å². The second-order valence-electron chi connectivity index (χ2n) is 6.25. The van der Waals surface area contributed by atoms with Crippen LogP contribution < -0.4 is 25.7 Å². The molecular weight excluding hydrogens is 356 g/mol. The number of nitrogens with zero attached hydrogens (tertiary/aromatic N) is 2. The van der Waals surface area contributed by atoms with Gasteiger partial charge in [-0.1, -0.05) is 18.2 Å². The smallest absolute Gasteiger partial charge is 0.221 e. The zero-order chi connectivity index (χ0) is 19.9. The van der Waals surface area contributed by atoms with Crippen molar-refractivity contribution in [3.05, 3.63) is 65.4 Å². The molecule has 0 aliphatic rings. The molecule has 1 heterocycles. The Kier molecular flexibility index (Phi) is 6.16. The lowest BCUT2D eigenvalue weighted by atomic mass is 10.1. The number of benzene rings is 2. The van der Waals surface area contributed by atoms with Crippen molar-refractivity contribution in [1.29, 1.82) is 0 Å². The molecule has 0 unspecified atom stereocenters. The molecule has 3 rings (SSSR count). The van der Waals surface area contributed by atoms with Crippen molar-refractivity contribution in [1.82, 2.24) is 9.97 Å². The van der Waals surface area contributed by atoms with E-state index >= 15 is 0 Å². The fourth-order valence-corrected chi connectivity index (χ4v) is 2.81. The SMILES string of the molecule is COc1ccc(CCOc2cc(Cc3cnc(N)nc3N)ccc2OC)cc1. The van der Waals surface area contributed by atoms with E-state index in [9.17, 15) is 0 Å². The van der Waals surface area contributed by atoms with E-state index in [0.29, 0.717) is 30.3 Å². The third-order valence-electron chi connectivity index (χ3n) is 4.35. The Balaban J connectivity index is 1.68. The summed E-state index contributed by atoms with van der Waals surface area (Å²) in [6.07, 6.45) is 2.99. The van der Waals surface area contributed by atoms with Gasteiger partial charge in [-0.15, -0.1) is 0 Å². The molecule has 0 bridgehead atoms. The van der Waals surface area contributed by atoms with Crippen LogP contribution in [0.15, 0.2) is 48.7 Å². The van der Waals surface area contributed by atoms with Gasteiger partial charge in [-0.25, -0.2) is 4.98 Å². The minimum Gasteiger partial charge on any atom is -0.497 e. The molecule has 28 heavy (non-hydrogen) atoms. The minimum atomic E-state index is 0.165. The molecule has 0 saturated carbocycles. The normalized spacial score (nSPS) is 10.5. The molecule has 146 valence electrons. The summed E-state index contributed by atoms with van der Waals surface area (Å²) < 4.78 is 16.6. The Bertz CT molecular complexity index is 929. The van der Waals surface area contributed by atoms with Crippen LogP contribution in [0.3, 0.4) is 0 Å². The maximum Gasteiger partial charge on any atom is 0.221 e. The van der Waals surface area contributed by atoms with Gasteiger partial charge < -0.3 is 25.7 Å². The molecule has 0 aliphatic heterocycles. The van der Waals surface area contributed by atoms with E-state index in [1.54, 1.807) is 20.4 Å². The van der Waals surface area contributed by atoms with Gasteiger partial charge in [0.05, 0.1) is 20.8 Å². The molecule has 0 aliphatic carbocycles. The van der Waals surface area contributed by atoms with Crippen molar-refractivity contribution in [3.8, 4) is 17.2 Å². The molecule has 0 saturated heterocycles. The molecule has 7 nitrogen and oxygen atoms in total. The number of hydrogen-bond acceptors (Lipinski definition) is 7.